The van der Waals surface area contributed by atoms with Crippen molar-refractivity contribution in [2.24, 2.45) is 0 Å². The van der Waals surface area contributed by atoms with Gasteiger partial charge >= 0.3 is 5.97 Å². The molecule has 5 nitrogen and oxygen atoms in total. The van der Waals surface area contributed by atoms with Crippen LogP contribution in [0.3, 0.4) is 0 Å². The number of nitrogens with zero attached hydrogens (tertiary/aromatic N) is 1. The minimum atomic E-state index is -0.590. The molecule has 1 aliphatic heterocycles. The van der Waals surface area contributed by atoms with Gasteiger partial charge in [0.15, 0.2) is 6.73 Å². The molecular weight excluding hydrogens is 306 g/mol. The Labute approximate surface area is 139 Å². The number of ether oxygens (including phenoxy) is 1. The first-order valence-corrected chi connectivity index (χ1v) is 7.41. The Hall–Kier alpha value is -3.21. The summed E-state index contributed by atoms with van der Waals surface area (Å²) in [5, 5.41) is 0. The predicted molar refractivity (Wildman–Crippen MR) is 87.8 cm³/mol. The van der Waals surface area contributed by atoms with Crippen molar-refractivity contribution in [2.75, 3.05) is 6.73 Å². The van der Waals surface area contributed by atoms with Gasteiger partial charge in [-0.1, -0.05) is 49.0 Å². The van der Waals surface area contributed by atoms with Crippen LogP contribution in [0.4, 0.5) is 0 Å². The van der Waals surface area contributed by atoms with Crippen molar-refractivity contribution in [1.82, 2.24) is 4.90 Å². The summed E-state index contributed by atoms with van der Waals surface area (Å²) in [5.41, 5.74) is 2.59. The van der Waals surface area contributed by atoms with Crippen LogP contribution in [0, 0.1) is 0 Å². The normalized spacial score (nSPS) is 14.2. The van der Waals surface area contributed by atoms with Gasteiger partial charge in [-0.15, -0.1) is 0 Å². The minimum Gasteiger partial charge on any atom is -0.440 e. The van der Waals surface area contributed by atoms with Crippen molar-refractivity contribution in [3.05, 3.63) is 72.3 Å². The lowest BCUT2D eigenvalue weighted by Gasteiger charge is -2.13. The lowest BCUT2D eigenvalue weighted by atomic mass is 10.0. The molecule has 1 heterocycles. The standard InChI is InChI=1S/C19H15NO4/c1-13-11-17(21)20(18(13)22)12-24-19(23)16-9-7-15(8-10-16)14-5-3-2-4-6-14/h2-10H,1,11-12H2. The smallest absolute Gasteiger partial charge is 0.339 e. The number of amides is 2. The molecule has 2 aromatic rings. The van der Waals surface area contributed by atoms with Crippen molar-refractivity contribution in [2.45, 2.75) is 6.42 Å². The molecule has 0 atom stereocenters. The summed E-state index contributed by atoms with van der Waals surface area (Å²) in [6, 6.07) is 16.7. The van der Waals surface area contributed by atoms with Crippen molar-refractivity contribution >= 4 is 17.8 Å². The molecule has 2 aromatic carbocycles. The van der Waals surface area contributed by atoms with Gasteiger partial charge in [0, 0.05) is 5.57 Å². The second-order valence-electron chi connectivity index (χ2n) is 5.41. The van der Waals surface area contributed by atoms with Gasteiger partial charge in [-0.05, 0) is 23.3 Å². The average molecular weight is 321 g/mol. The SMILES string of the molecule is C=C1CC(=O)N(COC(=O)c2ccc(-c3ccccc3)cc2)C1=O. The zero-order valence-electron chi connectivity index (χ0n) is 12.9. The zero-order valence-corrected chi connectivity index (χ0v) is 12.9. The van der Waals surface area contributed by atoms with E-state index in [2.05, 4.69) is 6.58 Å². The number of esters is 1. The third kappa shape index (κ3) is 3.10. The van der Waals surface area contributed by atoms with Gasteiger partial charge < -0.3 is 4.74 Å². The Kier molecular flexibility index (Phi) is 4.24. The van der Waals surface area contributed by atoms with Gasteiger partial charge in [-0.3, -0.25) is 9.59 Å². The molecule has 0 aliphatic carbocycles. The number of imide groups is 1. The molecule has 3 rings (SSSR count). The van der Waals surface area contributed by atoms with Crippen LogP contribution in [0.1, 0.15) is 16.8 Å². The van der Waals surface area contributed by atoms with Gasteiger partial charge in [0.1, 0.15) is 0 Å². The van der Waals surface area contributed by atoms with E-state index in [-0.39, 0.29) is 12.0 Å². The highest BCUT2D eigenvalue weighted by Gasteiger charge is 2.33. The van der Waals surface area contributed by atoms with E-state index in [0.29, 0.717) is 5.56 Å². The molecule has 120 valence electrons. The summed E-state index contributed by atoms with van der Waals surface area (Å²) in [4.78, 5) is 36.2. The maximum Gasteiger partial charge on any atom is 0.339 e. The maximum atomic E-state index is 12.1. The quantitative estimate of drug-likeness (QED) is 0.493. The number of likely N-dealkylation sites (tertiary alicyclic amines) is 1. The van der Waals surface area contributed by atoms with Crippen molar-refractivity contribution in [1.29, 1.82) is 0 Å². The summed E-state index contributed by atoms with van der Waals surface area (Å²) in [7, 11) is 0. The van der Waals surface area contributed by atoms with Gasteiger partial charge in [0.05, 0.1) is 12.0 Å². The largest absolute Gasteiger partial charge is 0.440 e. The maximum absolute atomic E-state index is 12.1. The molecule has 0 bridgehead atoms. The lowest BCUT2D eigenvalue weighted by Crippen LogP contribution is -2.32. The summed E-state index contributed by atoms with van der Waals surface area (Å²) in [6.45, 7) is 3.11. The fraction of sp³-hybridized carbons (Fsp3) is 0.105. The number of carbonyl (C=O) groups excluding carboxylic acids is 3. The number of hydrogen-bond acceptors (Lipinski definition) is 4. The first kappa shape index (κ1) is 15.7. The van der Waals surface area contributed by atoms with E-state index in [9.17, 15) is 14.4 Å². The third-order valence-corrected chi connectivity index (χ3v) is 3.77. The van der Waals surface area contributed by atoms with Crippen LogP contribution in [0.25, 0.3) is 11.1 Å². The van der Waals surface area contributed by atoms with E-state index in [1.807, 2.05) is 42.5 Å². The van der Waals surface area contributed by atoms with E-state index in [1.165, 1.54) is 0 Å². The Balaban J connectivity index is 1.65. The fourth-order valence-corrected chi connectivity index (χ4v) is 2.42. The molecule has 0 saturated carbocycles. The highest BCUT2D eigenvalue weighted by Crippen LogP contribution is 2.20. The van der Waals surface area contributed by atoms with Crippen LogP contribution >= 0.6 is 0 Å². The molecule has 5 heteroatoms. The van der Waals surface area contributed by atoms with Gasteiger partial charge in [0.2, 0.25) is 5.91 Å². The second-order valence-corrected chi connectivity index (χ2v) is 5.41. The fourth-order valence-electron chi connectivity index (χ4n) is 2.42. The third-order valence-electron chi connectivity index (χ3n) is 3.77. The van der Waals surface area contributed by atoms with E-state index >= 15 is 0 Å². The predicted octanol–water partition coefficient (Wildman–Crippen LogP) is 2.78. The number of benzene rings is 2. The summed E-state index contributed by atoms with van der Waals surface area (Å²) in [5.74, 6) is -1.49. The van der Waals surface area contributed by atoms with Gasteiger partial charge in [0.25, 0.3) is 5.91 Å². The van der Waals surface area contributed by atoms with Crippen LogP contribution in [0.15, 0.2) is 66.7 Å². The molecular formula is C19H15NO4. The first-order chi connectivity index (χ1) is 11.6. The number of hydrogen-bond donors (Lipinski definition) is 0. The highest BCUT2D eigenvalue weighted by atomic mass is 16.5. The van der Waals surface area contributed by atoms with Crippen LogP contribution in [0.2, 0.25) is 0 Å². The molecule has 0 unspecified atom stereocenters. The number of rotatable bonds is 4. The Morgan fingerprint density at radius 1 is 1.00 bits per heavy atom. The first-order valence-electron chi connectivity index (χ1n) is 7.41. The molecule has 1 fully saturated rings. The average Bonchev–Trinajstić information content (AvgIpc) is 2.86. The Morgan fingerprint density at radius 3 is 2.21 bits per heavy atom. The van der Waals surface area contributed by atoms with Gasteiger partial charge in [-0.2, -0.15) is 0 Å². The molecule has 24 heavy (non-hydrogen) atoms. The summed E-state index contributed by atoms with van der Waals surface area (Å²) >= 11 is 0. The van der Waals surface area contributed by atoms with Gasteiger partial charge in [-0.25, -0.2) is 9.69 Å². The van der Waals surface area contributed by atoms with E-state index in [4.69, 9.17) is 4.74 Å². The number of carbonyl (C=O) groups is 3. The molecule has 1 saturated heterocycles. The topological polar surface area (TPSA) is 63.7 Å². The van der Waals surface area contributed by atoms with Crippen LogP contribution < -0.4 is 0 Å². The van der Waals surface area contributed by atoms with Crippen LogP contribution in [0.5, 0.6) is 0 Å². The van der Waals surface area contributed by atoms with E-state index in [1.54, 1.807) is 12.1 Å². The molecule has 1 aliphatic rings. The Morgan fingerprint density at radius 2 is 1.62 bits per heavy atom. The van der Waals surface area contributed by atoms with E-state index < -0.39 is 24.5 Å². The minimum absolute atomic E-state index is 0.0256. The second kappa shape index (κ2) is 6.50. The molecule has 2 amide bonds. The highest BCUT2D eigenvalue weighted by molar-refractivity contribution is 6.12. The van der Waals surface area contributed by atoms with Crippen LogP contribution in [-0.4, -0.2) is 29.4 Å². The van der Waals surface area contributed by atoms with E-state index in [0.717, 1.165) is 16.0 Å². The van der Waals surface area contributed by atoms with Crippen LogP contribution in [-0.2, 0) is 14.3 Å². The Bertz CT molecular complexity index is 809. The summed E-state index contributed by atoms with van der Waals surface area (Å²) < 4.78 is 5.05. The summed E-state index contributed by atoms with van der Waals surface area (Å²) in [6.07, 6.45) is -0.0256. The zero-order chi connectivity index (χ0) is 17.1. The lowest BCUT2D eigenvalue weighted by molar-refractivity contribution is -0.141. The van der Waals surface area contributed by atoms with Crippen molar-refractivity contribution < 1.29 is 19.1 Å². The monoisotopic (exact) mass is 321 g/mol. The molecule has 0 spiro atoms. The molecule has 0 radical (unpaired) electrons. The molecule has 0 aromatic heterocycles. The van der Waals surface area contributed by atoms with Crippen molar-refractivity contribution in [3.8, 4) is 11.1 Å². The molecule has 0 N–H and O–H groups in total. The van der Waals surface area contributed by atoms with Crippen molar-refractivity contribution in [3.63, 3.8) is 0 Å².